The molecule has 0 spiro atoms. The zero-order valence-electron chi connectivity index (χ0n) is 6.63. The van der Waals surface area contributed by atoms with Gasteiger partial charge in [-0.2, -0.15) is 0 Å². The van der Waals surface area contributed by atoms with Crippen LogP contribution in [0, 0.1) is 6.92 Å². The van der Waals surface area contributed by atoms with E-state index in [4.69, 9.17) is 0 Å². The highest BCUT2D eigenvalue weighted by Gasteiger charge is 2.19. The van der Waals surface area contributed by atoms with E-state index in [1.807, 2.05) is 23.5 Å². The predicted octanol–water partition coefficient (Wildman–Crippen LogP) is 3.54. The maximum Gasteiger partial charge on any atom is 0.0569 e. The van der Waals surface area contributed by atoms with E-state index in [-0.39, 0.29) is 0 Å². The molecule has 1 aliphatic rings. The smallest absolute Gasteiger partial charge is 0.0569 e. The molecule has 0 bridgehead atoms. The van der Waals surface area contributed by atoms with E-state index in [0.29, 0.717) is 4.58 Å². The number of fused-ring (bicyclic) bond motifs is 1. The third-order valence-corrected chi connectivity index (χ3v) is 4.49. The largest absolute Gasteiger partial charge is 0.111 e. The molecule has 0 aromatic heterocycles. The molecule has 1 atom stereocenters. The molecule has 58 valence electrons. The van der Waals surface area contributed by atoms with Gasteiger partial charge in [-0.3, -0.25) is 0 Å². The molecular formula is C9H10S2. The van der Waals surface area contributed by atoms with E-state index in [1.54, 1.807) is 0 Å². The van der Waals surface area contributed by atoms with Gasteiger partial charge in [-0.1, -0.05) is 12.1 Å². The Labute approximate surface area is 75.8 Å². The topological polar surface area (TPSA) is 0 Å². The van der Waals surface area contributed by atoms with E-state index in [0.717, 1.165) is 0 Å². The number of benzene rings is 1. The van der Waals surface area contributed by atoms with E-state index >= 15 is 0 Å². The first-order valence-corrected chi connectivity index (χ1v) is 5.46. The van der Waals surface area contributed by atoms with Gasteiger partial charge in [0.2, 0.25) is 0 Å². The van der Waals surface area contributed by atoms with E-state index in [9.17, 15) is 0 Å². The molecule has 0 radical (unpaired) electrons. The molecular weight excluding hydrogens is 172 g/mol. The Kier molecular flexibility index (Phi) is 1.90. The summed E-state index contributed by atoms with van der Waals surface area (Å²) >= 11 is 3.95. The first-order chi connectivity index (χ1) is 5.27. The lowest BCUT2D eigenvalue weighted by atomic mass is 10.2. The molecule has 0 N–H and O–H groups in total. The fourth-order valence-electron chi connectivity index (χ4n) is 1.24. The molecule has 1 aromatic rings. The molecule has 0 fully saturated rings. The highest BCUT2D eigenvalue weighted by atomic mass is 32.2. The minimum Gasteiger partial charge on any atom is -0.111 e. The second-order valence-electron chi connectivity index (χ2n) is 2.71. The van der Waals surface area contributed by atoms with Crippen LogP contribution in [0.3, 0.4) is 0 Å². The number of hydrogen-bond acceptors (Lipinski definition) is 2. The van der Waals surface area contributed by atoms with Crippen molar-refractivity contribution in [3.05, 3.63) is 23.8 Å². The summed E-state index contributed by atoms with van der Waals surface area (Å²) in [6.45, 7) is 4.44. The van der Waals surface area contributed by atoms with Crippen molar-refractivity contribution in [2.45, 2.75) is 28.2 Å². The molecule has 1 aliphatic heterocycles. The summed E-state index contributed by atoms with van der Waals surface area (Å²) in [4.78, 5) is 2.95. The second kappa shape index (κ2) is 2.76. The lowest BCUT2D eigenvalue weighted by Crippen LogP contribution is -1.77. The molecule has 1 heterocycles. The maximum atomic E-state index is 2.26. The molecule has 0 aliphatic carbocycles. The lowest BCUT2D eigenvalue weighted by Gasteiger charge is -1.98. The van der Waals surface area contributed by atoms with E-state index in [2.05, 4.69) is 32.0 Å². The maximum absolute atomic E-state index is 2.26. The first-order valence-electron chi connectivity index (χ1n) is 3.70. The molecule has 0 amide bonds. The van der Waals surface area contributed by atoms with Crippen LogP contribution in [0.15, 0.2) is 28.0 Å². The average molecular weight is 182 g/mol. The zero-order valence-corrected chi connectivity index (χ0v) is 8.26. The molecule has 1 unspecified atom stereocenters. The van der Waals surface area contributed by atoms with Crippen LogP contribution in [-0.2, 0) is 0 Å². The van der Waals surface area contributed by atoms with Crippen LogP contribution in [0.2, 0.25) is 0 Å². The van der Waals surface area contributed by atoms with Gasteiger partial charge in [0.15, 0.2) is 0 Å². The highest BCUT2D eigenvalue weighted by molar-refractivity contribution is 8.19. The van der Waals surface area contributed by atoms with Gasteiger partial charge in [-0.25, -0.2) is 0 Å². The molecule has 2 rings (SSSR count). The van der Waals surface area contributed by atoms with Crippen LogP contribution in [0.4, 0.5) is 0 Å². The van der Waals surface area contributed by atoms with Crippen LogP contribution in [0.25, 0.3) is 0 Å². The highest BCUT2D eigenvalue weighted by Crippen LogP contribution is 2.48. The Bertz CT molecular complexity index is 281. The molecule has 2 heteroatoms. The van der Waals surface area contributed by atoms with Gasteiger partial charge in [0, 0.05) is 9.79 Å². The fraction of sp³-hybridized carbons (Fsp3) is 0.333. The molecule has 1 aromatic carbocycles. The number of rotatable bonds is 0. The van der Waals surface area contributed by atoms with Crippen LogP contribution in [0.1, 0.15) is 12.5 Å². The van der Waals surface area contributed by atoms with Crippen molar-refractivity contribution in [3.8, 4) is 0 Å². The summed E-state index contributed by atoms with van der Waals surface area (Å²) in [5.41, 5.74) is 1.42. The summed E-state index contributed by atoms with van der Waals surface area (Å²) in [6.07, 6.45) is 0. The van der Waals surface area contributed by atoms with Gasteiger partial charge < -0.3 is 0 Å². The lowest BCUT2D eigenvalue weighted by molar-refractivity contribution is 1.18. The van der Waals surface area contributed by atoms with Crippen LogP contribution in [-0.4, -0.2) is 4.58 Å². The van der Waals surface area contributed by atoms with Gasteiger partial charge in [0.05, 0.1) is 4.58 Å². The molecule has 0 saturated carbocycles. The number of thioether (sulfide) groups is 2. The normalized spacial score (nSPS) is 21.8. The second-order valence-corrected chi connectivity index (χ2v) is 5.74. The van der Waals surface area contributed by atoms with Gasteiger partial charge in [0.1, 0.15) is 0 Å². The van der Waals surface area contributed by atoms with Crippen molar-refractivity contribution in [2.24, 2.45) is 0 Å². The third-order valence-electron chi connectivity index (χ3n) is 1.75. The van der Waals surface area contributed by atoms with Crippen molar-refractivity contribution in [2.75, 3.05) is 0 Å². The van der Waals surface area contributed by atoms with Crippen LogP contribution >= 0.6 is 23.5 Å². The Hall–Kier alpha value is -0.0800. The monoisotopic (exact) mass is 182 g/mol. The van der Waals surface area contributed by atoms with Crippen LogP contribution in [0.5, 0.6) is 0 Å². The Morgan fingerprint density at radius 1 is 1.27 bits per heavy atom. The first kappa shape index (κ1) is 7.56. The minimum absolute atomic E-state index is 0.700. The Balaban J connectivity index is 2.49. The van der Waals surface area contributed by atoms with Gasteiger partial charge >= 0.3 is 0 Å². The van der Waals surface area contributed by atoms with Gasteiger partial charge in [-0.15, -0.1) is 23.5 Å². The van der Waals surface area contributed by atoms with Crippen LogP contribution < -0.4 is 0 Å². The van der Waals surface area contributed by atoms with Crippen molar-refractivity contribution >= 4 is 23.5 Å². The Morgan fingerprint density at radius 3 is 2.82 bits per heavy atom. The zero-order chi connectivity index (χ0) is 7.84. The molecule has 11 heavy (non-hydrogen) atoms. The van der Waals surface area contributed by atoms with Gasteiger partial charge in [0.25, 0.3) is 0 Å². The summed E-state index contributed by atoms with van der Waals surface area (Å²) in [6, 6.07) is 6.54. The molecule has 0 nitrogen and oxygen atoms in total. The molecule has 0 saturated heterocycles. The predicted molar refractivity (Wildman–Crippen MR) is 52.4 cm³/mol. The van der Waals surface area contributed by atoms with E-state index in [1.165, 1.54) is 15.4 Å². The summed E-state index contributed by atoms with van der Waals surface area (Å²) < 4.78 is 0.700. The van der Waals surface area contributed by atoms with Gasteiger partial charge in [-0.05, 0) is 25.5 Å². The fourth-order valence-corrected chi connectivity index (χ4v) is 3.87. The van der Waals surface area contributed by atoms with E-state index < -0.39 is 0 Å². The Morgan fingerprint density at radius 2 is 2.09 bits per heavy atom. The van der Waals surface area contributed by atoms with Crippen molar-refractivity contribution in [3.63, 3.8) is 0 Å². The summed E-state index contributed by atoms with van der Waals surface area (Å²) in [5, 5.41) is 0. The average Bonchev–Trinajstić information content (AvgIpc) is 2.31. The number of hydrogen-bond donors (Lipinski definition) is 0. The third kappa shape index (κ3) is 1.30. The quantitative estimate of drug-likeness (QED) is 0.602. The SMILES string of the molecule is Cc1cccc2c1SC(C)S2. The van der Waals surface area contributed by atoms with Crippen molar-refractivity contribution in [1.29, 1.82) is 0 Å². The number of aryl methyl sites for hydroxylation is 1. The summed E-state index contributed by atoms with van der Waals surface area (Å²) in [7, 11) is 0. The minimum atomic E-state index is 0.700. The van der Waals surface area contributed by atoms with Crippen molar-refractivity contribution < 1.29 is 0 Å². The standard InChI is InChI=1S/C9H10S2/c1-6-4-3-5-8-9(6)11-7(2)10-8/h3-5,7H,1-2H3. The van der Waals surface area contributed by atoms with Crippen molar-refractivity contribution in [1.82, 2.24) is 0 Å². The summed E-state index contributed by atoms with van der Waals surface area (Å²) in [5.74, 6) is 0.